The number of rotatable bonds is 2. The molecule has 1 fully saturated rings. The second-order valence-electron chi connectivity index (χ2n) is 4.23. The summed E-state index contributed by atoms with van der Waals surface area (Å²) in [6.07, 6.45) is -4.73. The van der Waals surface area contributed by atoms with E-state index < -0.39 is 24.0 Å². The molecule has 0 aromatic carbocycles. The second-order valence-corrected chi connectivity index (χ2v) is 4.23. The maximum absolute atomic E-state index is 12.2. The zero-order valence-electron chi connectivity index (χ0n) is 7.90. The lowest BCUT2D eigenvalue weighted by molar-refractivity contribution is -0.178. The van der Waals surface area contributed by atoms with E-state index in [2.05, 4.69) is 0 Å². The Morgan fingerprint density at radius 1 is 1.57 bits per heavy atom. The van der Waals surface area contributed by atoms with Crippen molar-refractivity contribution in [3.8, 4) is 0 Å². The summed E-state index contributed by atoms with van der Waals surface area (Å²) in [4.78, 5) is 10.8. The van der Waals surface area contributed by atoms with Gasteiger partial charge < -0.3 is 5.11 Å². The van der Waals surface area contributed by atoms with Gasteiger partial charge in [-0.3, -0.25) is 4.79 Å². The van der Waals surface area contributed by atoms with E-state index in [1.165, 1.54) is 0 Å². The zero-order valence-corrected chi connectivity index (χ0v) is 7.90. The highest BCUT2D eigenvalue weighted by Gasteiger charge is 2.51. The van der Waals surface area contributed by atoms with Crippen LogP contribution in [0.3, 0.4) is 0 Å². The Kier molecular flexibility index (Phi) is 2.78. The van der Waals surface area contributed by atoms with E-state index >= 15 is 0 Å². The molecule has 1 saturated carbocycles. The van der Waals surface area contributed by atoms with E-state index in [-0.39, 0.29) is 18.8 Å². The Morgan fingerprint density at radius 2 is 2.14 bits per heavy atom. The van der Waals surface area contributed by atoms with Crippen LogP contribution in [0.2, 0.25) is 0 Å². The van der Waals surface area contributed by atoms with E-state index in [1.807, 2.05) is 0 Å². The average molecular weight is 210 g/mol. The molecule has 1 N–H and O–H groups in total. The molecule has 0 radical (unpaired) electrons. The van der Waals surface area contributed by atoms with Crippen molar-refractivity contribution in [2.75, 3.05) is 0 Å². The molecule has 82 valence electrons. The predicted molar refractivity (Wildman–Crippen MR) is 43.8 cm³/mol. The molecule has 0 aliphatic heterocycles. The standard InChI is InChI=1S/C9H13F3O2/c1-6-2-3-8(4-6,7(13)14)5-9(10,11)12/h6H,2-5H2,1H3,(H,13,14). The van der Waals surface area contributed by atoms with Crippen LogP contribution in [0.5, 0.6) is 0 Å². The molecule has 0 bridgehead atoms. The third-order valence-electron chi connectivity index (χ3n) is 2.85. The Hall–Kier alpha value is -0.740. The number of carboxylic acid groups (broad SMARTS) is 1. The van der Waals surface area contributed by atoms with Gasteiger partial charge in [0.05, 0.1) is 11.8 Å². The monoisotopic (exact) mass is 210 g/mol. The van der Waals surface area contributed by atoms with Crippen LogP contribution < -0.4 is 0 Å². The molecular weight excluding hydrogens is 197 g/mol. The Morgan fingerprint density at radius 3 is 2.43 bits per heavy atom. The lowest BCUT2D eigenvalue weighted by Crippen LogP contribution is -2.33. The third-order valence-corrected chi connectivity index (χ3v) is 2.85. The fourth-order valence-corrected chi connectivity index (χ4v) is 2.21. The Bertz CT molecular complexity index is 237. The molecule has 0 aromatic rings. The summed E-state index contributed by atoms with van der Waals surface area (Å²) in [7, 11) is 0. The fraction of sp³-hybridized carbons (Fsp3) is 0.889. The minimum Gasteiger partial charge on any atom is -0.481 e. The summed E-state index contributed by atoms with van der Waals surface area (Å²) in [5.41, 5.74) is -1.56. The molecule has 5 heteroatoms. The fourth-order valence-electron chi connectivity index (χ4n) is 2.21. The van der Waals surface area contributed by atoms with Crippen LogP contribution >= 0.6 is 0 Å². The van der Waals surface area contributed by atoms with Crippen LogP contribution in [0.25, 0.3) is 0 Å². The highest BCUT2D eigenvalue weighted by atomic mass is 19.4. The van der Waals surface area contributed by atoms with Crippen molar-refractivity contribution in [2.24, 2.45) is 11.3 Å². The quantitative estimate of drug-likeness (QED) is 0.760. The van der Waals surface area contributed by atoms with Gasteiger partial charge in [0.2, 0.25) is 0 Å². The molecule has 1 aliphatic rings. The van der Waals surface area contributed by atoms with Gasteiger partial charge in [0.1, 0.15) is 0 Å². The van der Waals surface area contributed by atoms with Crippen LogP contribution in [0.4, 0.5) is 13.2 Å². The predicted octanol–water partition coefficient (Wildman–Crippen LogP) is 2.83. The number of alkyl halides is 3. The van der Waals surface area contributed by atoms with Gasteiger partial charge in [0, 0.05) is 0 Å². The van der Waals surface area contributed by atoms with Gasteiger partial charge in [0.25, 0.3) is 0 Å². The normalized spacial score (nSPS) is 33.3. The van der Waals surface area contributed by atoms with Gasteiger partial charge in [-0.05, 0) is 25.2 Å². The second kappa shape index (κ2) is 3.44. The van der Waals surface area contributed by atoms with Crippen molar-refractivity contribution in [1.29, 1.82) is 0 Å². The first-order valence-electron chi connectivity index (χ1n) is 4.55. The number of aliphatic carboxylic acids is 1. The molecule has 0 heterocycles. The SMILES string of the molecule is CC1CCC(CC(F)(F)F)(C(=O)O)C1. The third kappa shape index (κ3) is 2.39. The van der Waals surface area contributed by atoms with Gasteiger partial charge >= 0.3 is 12.1 Å². The molecule has 0 aromatic heterocycles. The lowest BCUT2D eigenvalue weighted by Gasteiger charge is -2.25. The molecule has 0 spiro atoms. The molecule has 0 amide bonds. The van der Waals surface area contributed by atoms with Crippen LogP contribution in [-0.4, -0.2) is 17.3 Å². The van der Waals surface area contributed by atoms with E-state index in [1.54, 1.807) is 6.92 Å². The number of carbonyl (C=O) groups is 1. The van der Waals surface area contributed by atoms with E-state index in [0.717, 1.165) is 0 Å². The van der Waals surface area contributed by atoms with Gasteiger partial charge in [0.15, 0.2) is 0 Å². The summed E-state index contributed by atoms with van der Waals surface area (Å²) in [5, 5.41) is 8.84. The minimum absolute atomic E-state index is 0.0773. The summed E-state index contributed by atoms with van der Waals surface area (Å²) in [6, 6.07) is 0. The van der Waals surface area contributed by atoms with Gasteiger partial charge in [-0.2, -0.15) is 13.2 Å². The first-order chi connectivity index (χ1) is 6.25. The number of halogens is 3. The van der Waals surface area contributed by atoms with E-state index in [0.29, 0.717) is 6.42 Å². The van der Waals surface area contributed by atoms with Crippen LogP contribution in [0.15, 0.2) is 0 Å². The number of carboxylic acids is 1. The largest absolute Gasteiger partial charge is 0.481 e. The van der Waals surface area contributed by atoms with Crippen LogP contribution in [0, 0.1) is 11.3 Å². The van der Waals surface area contributed by atoms with Crippen molar-refractivity contribution >= 4 is 5.97 Å². The van der Waals surface area contributed by atoms with Crippen molar-refractivity contribution in [1.82, 2.24) is 0 Å². The molecule has 0 saturated heterocycles. The van der Waals surface area contributed by atoms with Crippen LogP contribution in [0.1, 0.15) is 32.6 Å². The average Bonchev–Trinajstić information content (AvgIpc) is 2.29. The smallest absolute Gasteiger partial charge is 0.390 e. The molecule has 2 nitrogen and oxygen atoms in total. The van der Waals surface area contributed by atoms with E-state index in [9.17, 15) is 18.0 Å². The highest BCUT2D eigenvalue weighted by molar-refractivity contribution is 5.75. The van der Waals surface area contributed by atoms with E-state index in [4.69, 9.17) is 5.11 Å². The van der Waals surface area contributed by atoms with Crippen molar-refractivity contribution in [3.05, 3.63) is 0 Å². The van der Waals surface area contributed by atoms with Gasteiger partial charge in [-0.15, -0.1) is 0 Å². The van der Waals surface area contributed by atoms with Crippen molar-refractivity contribution in [3.63, 3.8) is 0 Å². The molecule has 2 atom stereocenters. The molecule has 2 unspecified atom stereocenters. The van der Waals surface area contributed by atoms with Crippen molar-refractivity contribution < 1.29 is 23.1 Å². The van der Waals surface area contributed by atoms with Gasteiger partial charge in [-0.25, -0.2) is 0 Å². The summed E-state index contributed by atoms with van der Waals surface area (Å²) in [5.74, 6) is -1.23. The Balaban J connectivity index is 2.79. The molecular formula is C9H13F3O2. The first kappa shape index (κ1) is 11.3. The number of hydrogen-bond acceptors (Lipinski definition) is 1. The maximum Gasteiger partial charge on any atom is 0.390 e. The summed E-state index contributed by atoms with van der Waals surface area (Å²) < 4.78 is 36.5. The van der Waals surface area contributed by atoms with Crippen molar-refractivity contribution in [2.45, 2.75) is 38.8 Å². The highest BCUT2D eigenvalue weighted by Crippen LogP contribution is 2.48. The topological polar surface area (TPSA) is 37.3 Å². The molecule has 1 rings (SSSR count). The first-order valence-corrected chi connectivity index (χ1v) is 4.55. The minimum atomic E-state index is -4.39. The van der Waals surface area contributed by atoms with Gasteiger partial charge in [-0.1, -0.05) is 6.92 Å². The summed E-state index contributed by atoms with van der Waals surface area (Å²) >= 11 is 0. The summed E-state index contributed by atoms with van der Waals surface area (Å²) in [6.45, 7) is 1.79. The van der Waals surface area contributed by atoms with Crippen LogP contribution in [-0.2, 0) is 4.79 Å². The molecule has 14 heavy (non-hydrogen) atoms. The maximum atomic E-state index is 12.2. The lowest BCUT2D eigenvalue weighted by atomic mass is 9.82. The number of hydrogen-bond donors (Lipinski definition) is 1. The zero-order chi connectivity index (χ0) is 11.0. The molecule has 1 aliphatic carbocycles. The Labute approximate surface area is 80.1 Å².